The van der Waals surface area contributed by atoms with Crippen LogP contribution in [0.15, 0.2) is 27.6 Å². The Hall–Kier alpha value is -1.74. The Kier molecular flexibility index (Phi) is 5.57. The van der Waals surface area contributed by atoms with Gasteiger partial charge in [-0.15, -0.1) is 0 Å². The highest BCUT2D eigenvalue weighted by Gasteiger charge is 2.85. The summed E-state index contributed by atoms with van der Waals surface area (Å²) in [6.07, 6.45) is 7.57. The molecule has 1 aromatic heterocycles. The van der Waals surface area contributed by atoms with Crippen LogP contribution in [0.25, 0.3) is 0 Å². The number of aliphatic hydroxyl groups is 1. The third-order valence-corrected chi connectivity index (χ3v) is 12.2. The van der Waals surface area contributed by atoms with Crippen LogP contribution in [0, 0.1) is 22.7 Å². The molecule has 4 aliphatic carbocycles. The van der Waals surface area contributed by atoms with Crippen LogP contribution in [0.3, 0.4) is 0 Å². The first kappa shape index (κ1) is 25.2. The first-order valence-electron chi connectivity index (χ1n) is 14.6. The molecule has 3 heterocycles. The fraction of sp³-hybridized carbons (Fsp3) is 0.800. The SMILES string of the molecule is CC(=O)O[C@H]1[C@H]2O[C@]23[C@@H]2CC[C@]4(O)C[C@@H](N5CCOCC5)CC[C@]4(C)[C@H]2CC[C@]3(C)[C@H]1c1ccc(=O)oc1. The molecule has 0 amide bonds. The van der Waals surface area contributed by atoms with Crippen molar-refractivity contribution >= 4 is 5.97 Å². The molecule has 0 unspecified atom stereocenters. The lowest BCUT2D eigenvalue weighted by molar-refractivity contribution is -0.221. The minimum atomic E-state index is -0.680. The number of hydrogen-bond acceptors (Lipinski definition) is 8. The third-order valence-electron chi connectivity index (χ3n) is 12.2. The number of morpholine rings is 1. The highest BCUT2D eigenvalue weighted by atomic mass is 16.7. The molecule has 1 aromatic rings. The van der Waals surface area contributed by atoms with Gasteiger partial charge in [-0.1, -0.05) is 13.8 Å². The van der Waals surface area contributed by atoms with Gasteiger partial charge in [0.1, 0.15) is 17.8 Å². The fourth-order valence-corrected chi connectivity index (χ4v) is 10.3. The van der Waals surface area contributed by atoms with Gasteiger partial charge in [0.15, 0.2) is 0 Å². The van der Waals surface area contributed by atoms with Gasteiger partial charge in [-0.3, -0.25) is 9.69 Å². The van der Waals surface area contributed by atoms with E-state index < -0.39 is 11.7 Å². The number of esters is 1. The van der Waals surface area contributed by atoms with Gasteiger partial charge in [0, 0.05) is 43.5 Å². The van der Waals surface area contributed by atoms with Crippen molar-refractivity contribution < 1.29 is 28.5 Å². The highest BCUT2D eigenvalue weighted by Crippen LogP contribution is 2.78. The first-order chi connectivity index (χ1) is 18.1. The second-order valence-corrected chi connectivity index (χ2v) is 13.5. The second-order valence-electron chi connectivity index (χ2n) is 13.5. The van der Waals surface area contributed by atoms with Crippen LogP contribution in [0.2, 0.25) is 0 Å². The molecule has 0 aromatic carbocycles. The highest BCUT2D eigenvalue weighted by molar-refractivity contribution is 5.66. The van der Waals surface area contributed by atoms with Crippen molar-refractivity contribution in [1.82, 2.24) is 4.90 Å². The lowest BCUT2D eigenvalue weighted by Gasteiger charge is -2.64. The predicted octanol–water partition coefficient (Wildman–Crippen LogP) is 3.25. The maximum atomic E-state index is 12.3. The van der Waals surface area contributed by atoms with Crippen LogP contribution in [0.5, 0.6) is 0 Å². The molecule has 0 radical (unpaired) electrons. The number of hydrogen-bond donors (Lipinski definition) is 1. The molecule has 2 saturated heterocycles. The van der Waals surface area contributed by atoms with Gasteiger partial charge < -0.3 is 23.7 Å². The number of ether oxygens (including phenoxy) is 3. The zero-order chi connectivity index (χ0) is 26.5. The van der Waals surface area contributed by atoms with Gasteiger partial charge in [-0.2, -0.15) is 0 Å². The summed E-state index contributed by atoms with van der Waals surface area (Å²) < 4.78 is 23.6. The zero-order valence-corrected chi connectivity index (χ0v) is 22.8. The van der Waals surface area contributed by atoms with E-state index in [0.717, 1.165) is 76.8 Å². The molecule has 10 atom stereocenters. The van der Waals surface area contributed by atoms with E-state index in [1.807, 2.05) is 6.07 Å². The summed E-state index contributed by atoms with van der Waals surface area (Å²) in [4.78, 5) is 26.5. The number of fused-ring (bicyclic) bond motifs is 3. The van der Waals surface area contributed by atoms with Crippen molar-refractivity contribution in [2.24, 2.45) is 22.7 Å². The van der Waals surface area contributed by atoms with Crippen LogP contribution < -0.4 is 5.63 Å². The standard InChI is InChI=1S/C30H41NO7/c1-18(32)37-25-24(19-4-5-23(33)36-17-19)28(3)10-7-21-22(30(28)26(25)38-30)8-11-29(34)16-20(6-9-27(21,29)2)31-12-14-35-15-13-31/h4-5,17,20-22,24-26,34H,6-16H2,1-3H3/t20-,21-,22+,24-,25+,26+,27+,28+,29-,30+/m0/s1. The Morgan fingerprint density at radius 2 is 1.79 bits per heavy atom. The maximum absolute atomic E-state index is 12.3. The van der Waals surface area contributed by atoms with Gasteiger partial charge in [0.05, 0.1) is 25.1 Å². The molecule has 8 nitrogen and oxygen atoms in total. The van der Waals surface area contributed by atoms with E-state index in [9.17, 15) is 14.7 Å². The third kappa shape index (κ3) is 3.23. The van der Waals surface area contributed by atoms with Crippen LogP contribution in [-0.2, 0) is 19.0 Å². The van der Waals surface area contributed by atoms with Crippen molar-refractivity contribution in [2.75, 3.05) is 26.3 Å². The summed E-state index contributed by atoms with van der Waals surface area (Å²) >= 11 is 0. The molecule has 1 spiro atoms. The molecule has 38 heavy (non-hydrogen) atoms. The van der Waals surface area contributed by atoms with Crippen LogP contribution >= 0.6 is 0 Å². The van der Waals surface area contributed by atoms with E-state index in [1.54, 1.807) is 6.26 Å². The van der Waals surface area contributed by atoms with Crippen LogP contribution in [0.1, 0.15) is 77.2 Å². The molecule has 6 aliphatic rings. The van der Waals surface area contributed by atoms with Crippen molar-refractivity contribution in [3.05, 3.63) is 34.4 Å². The normalized spacial score (nSPS) is 49.8. The Bertz CT molecular complexity index is 1160. The Labute approximate surface area is 224 Å². The molecule has 208 valence electrons. The van der Waals surface area contributed by atoms with Crippen molar-refractivity contribution in [1.29, 1.82) is 0 Å². The molecular formula is C30H41NO7. The zero-order valence-electron chi connectivity index (χ0n) is 22.8. The van der Waals surface area contributed by atoms with Crippen LogP contribution in [0.4, 0.5) is 0 Å². The molecule has 7 rings (SSSR count). The lowest BCUT2D eigenvalue weighted by Crippen LogP contribution is -2.66. The van der Waals surface area contributed by atoms with Gasteiger partial charge in [-0.25, -0.2) is 4.79 Å². The fourth-order valence-electron chi connectivity index (χ4n) is 10.3. The van der Waals surface area contributed by atoms with Gasteiger partial charge in [-0.05, 0) is 73.8 Å². The smallest absolute Gasteiger partial charge is 0.335 e. The van der Waals surface area contributed by atoms with Crippen molar-refractivity contribution in [3.63, 3.8) is 0 Å². The van der Waals surface area contributed by atoms with E-state index in [2.05, 4.69) is 18.7 Å². The molecule has 2 aliphatic heterocycles. The van der Waals surface area contributed by atoms with Crippen molar-refractivity contribution in [2.45, 2.75) is 101 Å². The summed E-state index contributed by atoms with van der Waals surface area (Å²) in [6.45, 7) is 9.58. The molecule has 8 heteroatoms. The second kappa shape index (κ2) is 8.38. The quantitative estimate of drug-likeness (QED) is 0.472. The first-order valence-corrected chi connectivity index (χ1v) is 14.6. The topological polar surface area (TPSA) is 102 Å². The predicted molar refractivity (Wildman–Crippen MR) is 138 cm³/mol. The molecule has 4 saturated carbocycles. The monoisotopic (exact) mass is 527 g/mol. The molecule has 6 fully saturated rings. The Morgan fingerprint density at radius 1 is 1.05 bits per heavy atom. The number of epoxide rings is 1. The maximum Gasteiger partial charge on any atom is 0.335 e. The molecule has 0 bridgehead atoms. The summed E-state index contributed by atoms with van der Waals surface area (Å²) in [7, 11) is 0. The average Bonchev–Trinajstić information content (AvgIpc) is 3.60. The van der Waals surface area contributed by atoms with Crippen molar-refractivity contribution in [3.8, 4) is 0 Å². The number of carbonyl (C=O) groups is 1. The average molecular weight is 528 g/mol. The van der Waals surface area contributed by atoms with Gasteiger partial charge >= 0.3 is 11.6 Å². The van der Waals surface area contributed by atoms with E-state index in [-0.39, 0.29) is 40.0 Å². The minimum absolute atomic E-state index is 0.0962. The summed E-state index contributed by atoms with van der Waals surface area (Å²) in [5.41, 5.74) is -0.970. The Morgan fingerprint density at radius 3 is 2.50 bits per heavy atom. The van der Waals surface area contributed by atoms with E-state index >= 15 is 0 Å². The molecular weight excluding hydrogens is 486 g/mol. The van der Waals surface area contributed by atoms with Gasteiger partial charge in [0.2, 0.25) is 0 Å². The summed E-state index contributed by atoms with van der Waals surface area (Å²) in [5.74, 6) is 0.250. The van der Waals surface area contributed by atoms with E-state index in [1.165, 1.54) is 13.0 Å². The van der Waals surface area contributed by atoms with Crippen LogP contribution in [-0.4, -0.2) is 71.7 Å². The van der Waals surface area contributed by atoms with E-state index in [0.29, 0.717) is 17.9 Å². The molecule has 1 N–H and O–H groups in total. The minimum Gasteiger partial charge on any atom is -0.459 e. The van der Waals surface area contributed by atoms with E-state index in [4.69, 9.17) is 18.6 Å². The number of nitrogens with zero attached hydrogens (tertiary/aromatic N) is 1. The van der Waals surface area contributed by atoms with Gasteiger partial charge in [0.25, 0.3) is 0 Å². The summed E-state index contributed by atoms with van der Waals surface area (Å²) in [5, 5.41) is 12.3. The number of carbonyl (C=O) groups excluding carboxylic acids is 1. The number of rotatable bonds is 3. The lowest BCUT2D eigenvalue weighted by atomic mass is 9.42. The Balaban J connectivity index is 1.21. The largest absolute Gasteiger partial charge is 0.459 e. The summed E-state index contributed by atoms with van der Waals surface area (Å²) in [6, 6.07) is 3.71.